The fraction of sp³-hybridized carbons (Fsp3) is 1.00. The van der Waals surface area contributed by atoms with Gasteiger partial charge in [-0.1, -0.05) is 13.3 Å². The fourth-order valence-electron chi connectivity index (χ4n) is 3.53. The molecule has 2 aliphatic rings. The third-order valence-corrected chi connectivity index (χ3v) is 4.57. The number of morpholine rings is 1. The quantitative estimate of drug-likeness (QED) is 0.777. The highest BCUT2D eigenvalue weighted by atomic mass is 16.5. The van der Waals surface area contributed by atoms with Crippen molar-refractivity contribution in [2.45, 2.75) is 51.2 Å². The van der Waals surface area contributed by atoms with Crippen LogP contribution < -0.4 is 5.73 Å². The minimum atomic E-state index is -0.0112. The maximum atomic E-state index is 6.10. The lowest BCUT2D eigenvalue weighted by atomic mass is 9.85. The maximum Gasteiger partial charge on any atom is 0.0753 e. The zero-order valence-electron chi connectivity index (χ0n) is 11.0. The summed E-state index contributed by atoms with van der Waals surface area (Å²) in [5.41, 5.74) is 6.34. The van der Waals surface area contributed by atoms with Crippen molar-refractivity contribution >= 4 is 0 Å². The van der Waals surface area contributed by atoms with Gasteiger partial charge in [-0.25, -0.2) is 0 Å². The molecule has 3 heteroatoms. The Morgan fingerprint density at radius 1 is 1.44 bits per heavy atom. The first-order valence-corrected chi connectivity index (χ1v) is 6.59. The van der Waals surface area contributed by atoms with Crippen molar-refractivity contribution < 1.29 is 4.74 Å². The first-order chi connectivity index (χ1) is 7.50. The number of ether oxygens (including phenoxy) is 1. The third-order valence-electron chi connectivity index (χ3n) is 4.57. The van der Waals surface area contributed by atoms with Gasteiger partial charge in [-0.15, -0.1) is 0 Å². The lowest BCUT2D eigenvalue weighted by Crippen LogP contribution is -2.62. The topological polar surface area (TPSA) is 38.5 Å². The van der Waals surface area contributed by atoms with E-state index in [0.717, 1.165) is 32.2 Å². The predicted molar refractivity (Wildman–Crippen MR) is 66.4 cm³/mol. The normalized spacial score (nSPS) is 40.1. The molecule has 1 saturated carbocycles. The van der Waals surface area contributed by atoms with Crippen LogP contribution in [0.2, 0.25) is 0 Å². The minimum Gasteiger partial charge on any atom is -0.373 e. The van der Waals surface area contributed by atoms with Crippen LogP contribution in [0.25, 0.3) is 0 Å². The molecule has 0 aromatic rings. The van der Waals surface area contributed by atoms with Crippen LogP contribution in [0.3, 0.4) is 0 Å². The van der Waals surface area contributed by atoms with Crippen molar-refractivity contribution in [1.29, 1.82) is 0 Å². The van der Waals surface area contributed by atoms with Crippen molar-refractivity contribution in [2.24, 2.45) is 11.7 Å². The largest absolute Gasteiger partial charge is 0.373 e. The van der Waals surface area contributed by atoms with Gasteiger partial charge >= 0.3 is 0 Å². The second-order valence-corrected chi connectivity index (χ2v) is 6.13. The van der Waals surface area contributed by atoms with Gasteiger partial charge in [0.15, 0.2) is 0 Å². The molecule has 1 saturated heterocycles. The Kier molecular flexibility index (Phi) is 3.30. The summed E-state index contributed by atoms with van der Waals surface area (Å²) in [6.07, 6.45) is 3.92. The molecule has 0 amide bonds. The zero-order chi connectivity index (χ0) is 11.8. The summed E-state index contributed by atoms with van der Waals surface area (Å²) in [6, 6.07) is 0. The Morgan fingerprint density at radius 3 is 2.69 bits per heavy atom. The van der Waals surface area contributed by atoms with Crippen LogP contribution in [0.1, 0.15) is 40.0 Å². The van der Waals surface area contributed by atoms with Gasteiger partial charge in [-0.2, -0.15) is 0 Å². The minimum absolute atomic E-state index is 0.0112. The van der Waals surface area contributed by atoms with E-state index < -0.39 is 0 Å². The van der Waals surface area contributed by atoms with E-state index in [-0.39, 0.29) is 11.1 Å². The van der Waals surface area contributed by atoms with E-state index in [9.17, 15) is 0 Å². The lowest BCUT2D eigenvalue weighted by Gasteiger charge is -2.50. The monoisotopic (exact) mass is 226 g/mol. The molecule has 2 unspecified atom stereocenters. The molecule has 94 valence electrons. The van der Waals surface area contributed by atoms with Gasteiger partial charge in [0, 0.05) is 25.2 Å². The van der Waals surface area contributed by atoms with E-state index >= 15 is 0 Å². The fourth-order valence-corrected chi connectivity index (χ4v) is 3.53. The average Bonchev–Trinajstić information content (AvgIpc) is 2.59. The Morgan fingerprint density at radius 2 is 2.19 bits per heavy atom. The summed E-state index contributed by atoms with van der Waals surface area (Å²) in [6.45, 7) is 10.4. The van der Waals surface area contributed by atoms with E-state index in [0.29, 0.717) is 0 Å². The van der Waals surface area contributed by atoms with E-state index in [1.165, 1.54) is 19.3 Å². The molecule has 16 heavy (non-hydrogen) atoms. The summed E-state index contributed by atoms with van der Waals surface area (Å²) < 4.78 is 5.80. The van der Waals surface area contributed by atoms with Crippen LogP contribution in [0, 0.1) is 5.92 Å². The molecule has 1 heterocycles. The summed E-state index contributed by atoms with van der Waals surface area (Å²) in [7, 11) is 0. The molecule has 0 radical (unpaired) electrons. The molecule has 1 aliphatic heterocycles. The number of hydrogen-bond acceptors (Lipinski definition) is 3. The summed E-state index contributed by atoms with van der Waals surface area (Å²) in [5, 5.41) is 0. The molecule has 2 atom stereocenters. The zero-order valence-corrected chi connectivity index (χ0v) is 11.0. The highest BCUT2D eigenvalue weighted by molar-refractivity contribution is 5.02. The van der Waals surface area contributed by atoms with E-state index in [2.05, 4.69) is 25.7 Å². The molecular weight excluding hydrogens is 200 g/mol. The molecule has 0 bridgehead atoms. The van der Waals surface area contributed by atoms with Gasteiger partial charge in [-0.3, -0.25) is 4.90 Å². The van der Waals surface area contributed by atoms with Crippen LogP contribution in [-0.4, -0.2) is 42.3 Å². The van der Waals surface area contributed by atoms with Crippen LogP contribution in [0.5, 0.6) is 0 Å². The molecule has 0 aromatic carbocycles. The van der Waals surface area contributed by atoms with Crippen LogP contribution >= 0.6 is 0 Å². The standard InChI is InChI=1S/C13H26N2O/c1-11-5-4-6-13(11,9-14)15-7-8-16-12(2,3)10-15/h11H,4-10,14H2,1-3H3. The van der Waals surface area contributed by atoms with Gasteiger partial charge in [0.1, 0.15) is 0 Å². The second-order valence-electron chi connectivity index (χ2n) is 6.13. The van der Waals surface area contributed by atoms with Crippen molar-refractivity contribution in [3.8, 4) is 0 Å². The molecule has 1 aliphatic carbocycles. The van der Waals surface area contributed by atoms with Crippen LogP contribution in [-0.2, 0) is 4.74 Å². The molecule has 2 N–H and O–H groups in total. The van der Waals surface area contributed by atoms with Crippen molar-refractivity contribution in [3.05, 3.63) is 0 Å². The Hall–Kier alpha value is -0.120. The molecule has 0 spiro atoms. The maximum absolute atomic E-state index is 6.10. The Bertz CT molecular complexity index is 254. The molecule has 2 fully saturated rings. The number of nitrogens with zero attached hydrogens (tertiary/aromatic N) is 1. The lowest BCUT2D eigenvalue weighted by molar-refractivity contribution is -0.121. The van der Waals surface area contributed by atoms with Crippen LogP contribution in [0.4, 0.5) is 0 Å². The SMILES string of the molecule is CC1CCCC1(CN)N1CCOC(C)(C)C1. The number of hydrogen-bond donors (Lipinski definition) is 1. The average molecular weight is 226 g/mol. The van der Waals surface area contributed by atoms with Crippen molar-refractivity contribution in [2.75, 3.05) is 26.2 Å². The Balaban J connectivity index is 2.15. The van der Waals surface area contributed by atoms with E-state index in [4.69, 9.17) is 10.5 Å². The Labute approximate surface area is 99.3 Å². The number of rotatable bonds is 2. The summed E-state index contributed by atoms with van der Waals surface area (Å²) in [5.74, 6) is 0.728. The van der Waals surface area contributed by atoms with E-state index in [1.807, 2.05) is 0 Å². The second kappa shape index (κ2) is 4.28. The summed E-state index contributed by atoms with van der Waals surface area (Å²) in [4.78, 5) is 2.61. The highest BCUT2D eigenvalue weighted by Crippen LogP contribution is 2.41. The molecule has 3 nitrogen and oxygen atoms in total. The smallest absolute Gasteiger partial charge is 0.0753 e. The molecule has 0 aromatic heterocycles. The van der Waals surface area contributed by atoms with Gasteiger partial charge in [0.25, 0.3) is 0 Å². The highest BCUT2D eigenvalue weighted by Gasteiger charge is 2.46. The molecule has 2 rings (SSSR count). The molecular formula is C13H26N2O. The van der Waals surface area contributed by atoms with Crippen molar-refractivity contribution in [3.63, 3.8) is 0 Å². The van der Waals surface area contributed by atoms with Crippen molar-refractivity contribution in [1.82, 2.24) is 4.90 Å². The summed E-state index contributed by atoms with van der Waals surface area (Å²) >= 11 is 0. The van der Waals surface area contributed by atoms with E-state index in [1.54, 1.807) is 0 Å². The van der Waals surface area contributed by atoms with Gasteiger partial charge in [0.2, 0.25) is 0 Å². The predicted octanol–water partition coefficient (Wildman–Crippen LogP) is 1.61. The van der Waals surface area contributed by atoms with Crippen LogP contribution in [0.15, 0.2) is 0 Å². The third kappa shape index (κ3) is 2.01. The number of nitrogens with two attached hydrogens (primary N) is 1. The van der Waals surface area contributed by atoms with Gasteiger partial charge in [-0.05, 0) is 32.6 Å². The first kappa shape index (κ1) is 12.3. The van der Waals surface area contributed by atoms with Gasteiger partial charge in [0.05, 0.1) is 12.2 Å². The van der Waals surface area contributed by atoms with Gasteiger partial charge < -0.3 is 10.5 Å². The first-order valence-electron chi connectivity index (χ1n) is 6.59.